The van der Waals surface area contributed by atoms with Gasteiger partial charge in [-0.3, -0.25) is 4.79 Å². The first-order valence-electron chi connectivity index (χ1n) is 4.42. The average molecular weight is 226 g/mol. The molecule has 1 rings (SSSR count). The summed E-state index contributed by atoms with van der Waals surface area (Å²) in [6, 6.07) is 5.13. The second-order valence-electron chi connectivity index (χ2n) is 3.59. The zero-order valence-electron chi connectivity index (χ0n) is 8.74. The zero-order chi connectivity index (χ0) is 11.6. The minimum atomic E-state index is -2.74. The van der Waals surface area contributed by atoms with Gasteiger partial charge >= 0.3 is 0 Å². The number of benzene rings is 1. The van der Waals surface area contributed by atoms with Crippen molar-refractivity contribution >= 4 is 15.6 Å². The van der Waals surface area contributed by atoms with Crippen LogP contribution in [0.2, 0.25) is 0 Å². The molecule has 0 radical (unpaired) electrons. The monoisotopic (exact) mass is 226 g/mol. The number of aryl methyl sites for hydroxylation is 1. The highest BCUT2D eigenvalue weighted by Crippen LogP contribution is 2.17. The van der Waals surface area contributed by atoms with E-state index in [-0.39, 0.29) is 6.42 Å². The van der Waals surface area contributed by atoms with Crippen molar-refractivity contribution in [3.8, 4) is 0 Å². The number of hydrogen-bond donors (Lipinski definition) is 2. The standard InChI is InChI=1S/C10H14N2O2S/c1-7-3-4-8(6-10(11)13)5-9(7)15(2,12)14/h3-5,12H,6H2,1-2H3,(H2,11,13). The van der Waals surface area contributed by atoms with Crippen LogP contribution in [0.25, 0.3) is 0 Å². The van der Waals surface area contributed by atoms with E-state index >= 15 is 0 Å². The fourth-order valence-electron chi connectivity index (χ4n) is 1.38. The van der Waals surface area contributed by atoms with Crippen LogP contribution in [0.3, 0.4) is 0 Å². The molecule has 0 fully saturated rings. The molecule has 0 saturated carbocycles. The number of rotatable bonds is 3. The van der Waals surface area contributed by atoms with Gasteiger partial charge in [0.15, 0.2) is 0 Å². The van der Waals surface area contributed by atoms with Gasteiger partial charge < -0.3 is 5.73 Å². The summed E-state index contributed by atoms with van der Waals surface area (Å²) >= 11 is 0. The van der Waals surface area contributed by atoms with Crippen molar-refractivity contribution in [3.63, 3.8) is 0 Å². The van der Waals surface area contributed by atoms with Crippen LogP contribution >= 0.6 is 0 Å². The van der Waals surface area contributed by atoms with Crippen molar-refractivity contribution in [2.24, 2.45) is 5.73 Å². The fourth-order valence-corrected chi connectivity index (χ4v) is 2.43. The van der Waals surface area contributed by atoms with Crippen molar-refractivity contribution in [2.45, 2.75) is 18.2 Å². The van der Waals surface area contributed by atoms with Crippen LogP contribution in [0.1, 0.15) is 11.1 Å². The van der Waals surface area contributed by atoms with Gasteiger partial charge in [-0.2, -0.15) is 0 Å². The second-order valence-corrected chi connectivity index (χ2v) is 5.71. The summed E-state index contributed by atoms with van der Waals surface area (Å²) in [5, 5.41) is 0. The van der Waals surface area contributed by atoms with E-state index in [0.717, 1.165) is 5.56 Å². The lowest BCUT2D eigenvalue weighted by Gasteiger charge is -2.07. The highest BCUT2D eigenvalue weighted by Gasteiger charge is 2.09. The van der Waals surface area contributed by atoms with Gasteiger partial charge in [0.25, 0.3) is 0 Å². The summed E-state index contributed by atoms with van der Waals surface area (Å²) in [7, 11) is -2.74. The van der Waals surface area contributed by atoms with Gasteiger partial charge in [-0.1, -0.05) is 12.1 Å². The first-order chi connectivity index (χ1) is 6.80. The molecule has 1 amide bonds. The predicted molar refractivity (Wildman–Crippen MR) is 59.1 cm³/mol. The zero-order valence-corrected chi connectivity index (χ0v) is 9.56. The minimum Gasteiger partial charge on any atom is -0.369 e. The van der Waals surface area contributed by atoms with Gasteiger partial charge in [-0.25, -0.2) is 8.99 Å². The smallest absolute Gasteiger partial charge is 0.221 e. The molecule has 1 aromatic rings. The van der Waals surface area contributed by atoms with Crippen LogP contribution in [-0.2, 0) is 20.9 Å². The van der Waals surface area contributed by atoms with Gasteiger partial charge in [0.1, 0.15) is 0 Å². The number of carbonyl (C=O) groups excluding carboxylic acids is 1. The molecule has 0 spiro atoms. The summed E-state index contributed by atoms with van der Waals surface area (Å²) in [5.74, 6) is -0.433. The molecule has 1 unspecified atom stereocenters. The Morgan fingerprint density at radius 2 is 2.13 bits per heavy atom. The first-order valence-corrected chi connectivity index (χ1v) is 6.39. The summed E-state index contributed by atoms with van der Waals surface area (Å²) in [6.45, 7) is 1.79. The lowest BCUT2D eigenvalue weighted by Crippen LogP contribution is -2.14. The molecule has 1 atom stereocenters. The van der Waals surface area contributed by atoms with Gasteiger partial charge in [0.2, 0.25) is 5.91 Å². The fraction of sp³-hybridized carbons (Fsp3) is 0.300. The molecular weight excluding hydrogens is 212 g/mol. The largest absolute Gasteiger partial charge is 0.369 e. The molecule has 82 valence electrons. The predicted octanol–water partition coefficient (Wildman–Crippen LogP) is 1.06. The molecule has 4 nitrogen and oxygen atoms in total. The lowest BCUT2D eigenvalue weighted by molar-refractivity contribution is -0.117. The first kappa shape index (κ1) is 11.7. The van der Waals surface area contributed by atoms with E-state index in [1.165, 1.54) is 6.26 Å². The third kappa shape index (κ3) is 3.06. The molecule has 0 saturated heterocycles. The van der Waals surface area contributed by atoms with Crippen LogP contribution in [0, 0.1) is 11.7 Å². The van der Waals surface area contributed by atoms with Crippen LogP contribution in [0.4, 0.5) is 0 Å². The number of nitrogens with two attached hydrogens (primary N) is 1. The maximum atomic E-state index is 11.6. The van der Waals surface area contributed by atoms with Gasteiger partial charge in [0, 0.05) is 6.26 Å². The van der Waals surface area contributed by atoms with E-state index in [2.05, 4.69) is 0 Å². The van der Waals surface area contributed by atoms with E-state index in [1.807, 2.05) is 0 Å². The molecule has 1 aromatic carbocycles. The summed E-state index contributed by atoms with van der Waals surface area (Å²) < 4.78 is 19.1. The van der Waals surface area contributed by atoms with Crippen LogP contribution in [0.15, 0.2) is 23.1 Å². The quantitative estimate of drug-likeness (QED) is 0.807. The Kier molecular flexibility index (Phi) is 3.14. The Bertz CT molecular complexity index is 492. The van der Waals surface area contributed by atoms with Crippen LogP contribution in [0.5, 0.6) is 0 Å². The van der Waals surface area contributed by atoms with Crippen molar-refractivity contribution < 1.29 is 9.00 Å². The van der Waals surface area contributed by atoms with E-state index in [0.29, 0.717) is 10.5 Å². The van der Waals surface area contributed by atoms with Gasteiger partial charge in [-0.05, 0) is 24.1 Å². The molecule has 5 heteroatoms. The van der Waals surface area contributed by atoms with Crippen molar-refractivity contribution in [1.29, 1.82) is 4.78 Å². The number of amides is 1. The number of hydrogen-bond acceptors (Lipinski definition) is 3. The van der Waals surface area contributed by atoms with E-state index in [1.54, 1.807) is 25.1 Å². The molecular formula is C10H14N2O2S. The van der Waals surface area contributed by atoms with E-state index in [4.69, 9.17) is 10.5 Å². The molecule has 0 heterocycles. The maximum absolute atomic E-state index is 11.6. The lowest BCUT2D eigenvalue weighted by atomic mass is 10.1. The normalized spacial score (nSPS) is 14.5. The average Bonchev–Trinajstić information content (AvgIpc) is 2.05. The summed E-state index contributed by atoms with van der Waals surface area (Å²) in [6.07, 6.45) is 1.48. The maximum Gasteiger partial charge on any atom is 0.221 e. The van der Waals surface area contributed by atoms with Crippen LogP contribution in [-0.4, -0.2) is 16.4 Å². The molecule has 3 N–H and O–H groups in total. The Labute approximate surface area is 89.5 Å². The second kappa shape index (κ2) is 4.02. The summed E-state index contributed by atoms with van der Waals surface area (Å²) in [4.78, 5) is 11.2. The minimum absolute atomic E-state index is 0.114. The highest BCUT2D eigenvalue weighted by atomic mass is 32.2. The van der Waals surface area contributed by atoms with E-state index in [9.17, 15) is 9.00 Å². The molecule has 0 aliphatic rings. The molecule has 0 aliphatic carbocycles. The van der Waals surface area contributed by atoms with Crippen LogP contribution < -0.4 is 5.73 Å². The molecule has 15 heavy (non-hydrogen) atoms. The van der Waals surface area contributed by atoms with Gasteiger partial charge in [-0.15, -0.1) is 0 Å². The molecule has 0 bridgehead atoms. The molecule has 0 aromatic heterocycles. The Morgan fingerprint density at radius 3 is 2.60 bits per heavy atom. The number of nitrogens with one attached hydrogen (secondary N) is 1. The Balaban J connectivity index is 3.23. The third-order valence-corrected chi connectivity index (χ3v) is 3.33. The van der Waals surface area contributed by atoms with Crippen molar-refractivity contribution in [2.75, 3.05) is 6.26 Å². The van der Waals surface area contributed by atoms with Gasteiger partial charge in [0.05, 0.1) is 21.0 Å². The van der Waals surface area contributed by atoms with Crippen molar-refractivity contribution in [1.82, 2.24) is 0 Å². The number of carbonyl (C=O) groups is 1. The Hall–Kier alpha value is -1.36. The highest BCUT2D eigenvalue weighted by molar-refractivity contribution is 7.91. The number of primary amides is 1. The van der Waals surface area contributed by atoms with E-state index < -0.39 is 15.6 Å². The molecule has 0 aliphatic heterocycles. The third-order valence-electron chi connectivity index (χ3n) is 2.05. The summed E-state index contributed by atoms with van der Waals surface area (Å²) in [5.41, 5.74) is 6.56. The topological polar surface area (TPSA) is 84.0 Å². The Morgan fingerprint density at radius 1 is 1.53 bits per heavy atom. The van der Waals surface area contributed by atoms with Crippen molar-refractivity contribution in [3.05, 3.63) is 29.3 Å². The SMILES string of the molecule is Cc1ccc(CC(N)=O)cc1S(C)(=N)=O.